The standard InChI is InChI=1S/C21H18O4/c1-13-12-16(23)10-11-18(13)21(14-6-8-15(22)9-7-14)19-5-3-2-4-17(19)20(24)25-21/h2-13,18,22-23H,1H3. The molecule has 0 radical (unpaired) electrons. The highest BCUT2D eigenvalue weighted by atomic mass is 16.6. The van der Waals surface area contributed by atoms with E-state index >= 15 is 0 Å². The molecule has 4 heteroatoms. The quantitative estimate of drug-likeness (QED) is 0.813. The molecule has 0 amide bonds. The summed E-state index contributed by atoms with van der Waals surface area (Å²) >= 11 is 0. The molecule has 4 rings (SSSR count). The van der Waals surface area contributed by atoms with Crippen LogP contribution in [-0.2, 0) is 10.3 Å². The fraction of sp³-hybridized carbons (Fsp3) is 0.190. The highest BCUT2D eigenvalue weighted by molar-refractivity contribution is 5.95. The van der Waals surface area contributed by atoms with Crippen LogP contribution >= 0.6 is 0 Å². The maximum atomic E-state index is 12.6. The van der Waals surface area contributed by atoms with E-state index in [9.17, 15) is 15.0 Å². The SMILES string of the molecule is CC1C=C(O)C=CC1C1(c2ccc(O)cc2)OC(=O)c2ccccc21. The van der Waals surface area contributed by atoms with E-state index in [4.69, 9.17) is 4.74 Å². The van der Waals surface area contributed by atoms with Crippen molar-refractivity contribution in [3.63, 3.8) is 0 Å². The second kappa shape index (κ2) is 5.52. The van der Waals surface area contributed by atoms with Gasteiger partial charge in [-0.3, -0.25) is 0 Å². The molecule has 1 aliphatic carbocycles. The molecule has 2 aliphatic rings. The van der Waals surface area contributed by atoms with Gasteiger partial charge in [-0.25, -0.2) is 4.79 Å². The van der Waals surface area contributed by atoms with E-state index in [0.29, 0.717) is 5.56 Å². The largest absolute Gasteiger partial charge is 0.508 e. The van der Waals surface area contributed by atoms with E-state index in [2.05, 4.69) is 0 Å². The molecular weight excluding hydrogens is 316 g/mol. The molecular formula is C21H18O4. The van der Waals surface area contributed by atoms with Crippen molar-refractivity contribution < 1.29 is 19.7 Å². The van der Waals surface area contributed by atoms with E-state index < -0.39 is 5.60 Å². The summed E-state index contributed by atoms with van der Waals surface area (Å²) in [5.74, 6) is -0.218. The molecule has 0 fully saturated rings. The van der Waals surface area contributed by atoms with Crippen LogP contribution in [0.4, 0.5) is 0 Å². The van der Waals surface area contributed by atoms with E-state index in [-0.39, 0.29) is 29.3 Å². The number of phenols is 1. The van der Waals surface area contributed by atoms with Crippen molar-refractivity contribution in [3.05, 3.63) is 89.2 Å². The second-order valence-corrected chi connectivity index (χ2v) is 6.55. The highest BCUT2D eigenvalue weighted by Gasteiger charge is 2.53. The molecule has 1 aliphatic heterocycles. The van der Waals surface area contributed by atoms with Gasteiger partial charge in [0.05, 0.1) is 5.56 Å². The maximum Gasteiger partial charge on any atom is 0.339 e. The molecule has 0 saturated heterocycles. The van der Waals surface area contributed by atoms with Crippen LogP contribution in [0, 0.1) is 11.8 Å². The number of ether oxygens (including phenoxy) is 1. The van der Waals surface area contributed by atoms with Gasteiger partial charge in [0.15, 0.2) is 5.60 Å². The minimum absolute atomic E-state index is 0.0437. The average molecular weight is 334 g/mol. The van der Waals surface area contributed by atoms with Crippen molar-refractivity contribution in [3.8, 4) is 5.75 Å². The Labute approximate surface area is 145 Å². The fourth-order valence-electron chi connectivity index (χ4n) is 3.92. The van der Waals surface area contributed by atoms with Crippen LogP contribution in [0.25, 0.3) is 0 Å². The summed E-state index contributed by atoms with van der Waals surface area (Å²) < 4.78 is 6.01. The monoisotopic (exact) mass is 334 g/mol. The maximum absolute atomic E-state index is 12.6. The molecule has 2 aromatic carbocycles. The van der Waals surface area contributed by atoms with E-state index in [1.54, 1.807) is 42.5 Å². The molecule has 2 N–H and O–H groups in total. The number of allylic oxidation sites excluding steroid dienone is 2. The number of carbonyl (C=O) groups excluding carboxylic acids is 1. The van der Waals surface area contributed by atoms with Crippen LogP contribution in [0.1, 0.15) is 28.4 Å². The van der Waals surface area contributed by atoms with E-state index in [0.717, 1.165) is 11.1 Å². The van der Waals surface area contributed by atoms with Gasteiger partial charge >= 0.3 is 5.97 Å². The number of carbonyl (C=O) groups is 1. The highest BCUT2D eigenvalue weighted by Crippen LogP contribution is 2.51. The zero-order valence-corrected chi connectivity index (χ0v) is 13.7. The Morgan fingerprint density at radius 3 is 2.48 bits per heavy atom. The number of cyclic esters (lactones) is 1. The van der Waals surface area contributed by atoms with Crippen LogP contribution in [-0.4, -0.2) is 16.2 Å². The topological polar surface area (TPSA) is 66.8 Å². The number of benzene rings is 2. The Morgan fingerprint density at radius 1 is 1.04 bits per heavy atom. The second-order valence-electron chi connectivity index (χ2n) is 6.55. The van der Waals surface area contributed by atoms with Gasteiger partial charge in [0.2, 0.25) is 0 Å². The number of hydrogen-bond donors (Lipinski definition) is 2. The molecule has 3 unspecified atom stereocenters. The molecule has 0 aromatic heterocycles. The number of aliphatic hydroxyl groups is 1. The Kier molecular flexibility index (Phi) is 3.42. The Bertz CT molecular complexity index is 894. The van der Waals surface area contributed by atoms with Crippen LogP contribution in [0.5, 0.6) is 5.75 Å². The first-order chi connectivity index (χ1) is 12.0. The van der Waals surface area contributed by atoms with Crippen molar-refractivity contribution in [1.82, 2.24) is 0 Å². The lowest BCUT2D eigenvalue weighted by molar-refractivity contribution is -0.0152. The van der Waals surface area contributed by atoms with Crippen LogP contribution in [0.15, 0.2) is 72.5 Å². The van der Waals surface area contributed by atoms with Gasteiger partial charge in [0.1, 0.15) is 11.5 Å². The lowest BCUT2D eigenvalue weighted by Crippen LogP contribution is -2.39. The van der Waals surface area contributed by atoms with Gasteiger partial charge in [0, 0.05) is 17.0 Å². The van der Waals surface area contributed by atoms with Gasteiger partial charge in [-0.1, -0.05) is 43.3 Å². The van der Waals surface area contributed by atoms with Gasteiger partial charge < -0.3 is 14.9 Å². The van der Waals surface area contributed by atoms with E-state index in [1.165, 1.54) is 0 Å². The van der Waals surface area contributed by atoms with Gasteiger partial charge in [-0.05, 0) is 36.3 Å². The summed E-state index contributed by atoms with van der Waals surface area (Å²) in [6.07, 6.45) is 5.30. The molecule has 0 spiro atoms. The predicted molar refractivity (Wildman–Crippen MR) is 93.3 cm³/mol. The first kappa shape index (κ1) is 15.5. The lowest BCUT2D eigenvalue weighted by Gasteiger charge is -2.39. The van der Waals surface area contributed by atoms with E-state index in [1.807, 2.05) is 31.2 Å². The van der Waals surface area contributed by atoms with Crippen LogP contribution < -0.4 is 0 Å². The van der Waals surface area contributed by atoms with Crippen molar-refractivity contribution in [1.29, 1.82) is 0 Å². The zero-order chi connectivity index (χ0) is 17.6. The predicted octanol–water partition coefficient (Wildman–Crippen LogP) is 4.07. The molecule has 0 saturated carbocycles. The van der Waals surface area contributed by atoms with Crippen molar-refractivity contribution in [2.45, 2.75) is 12.5 Å². The number of esters is 1. The molecule has 0 bridgehead atoms. The number of aliphatic hydroxyl groups excluding tert-OH is 1. The first-order valence-electron chi connectivity index (χ1n) is 8.24. The summed E-state index contributed by atoms with van der Waals surface area (Å²) in [6, 6.07) is 14.1. The number of phenolic OH excluding ortho intramolecular Hbond substituents is 1. The molecule has 3 atom stereocenters. The van der Waals surface area contributed by atoms with Crippen molar-refractivity contribution in [2.75, 3.05) is 0 Å². The van der Waals surface area contributed by atoms with Crippen LogP contribution in [0.2, 0.25) is 0 Å². The lowest BCUT2D eigenvalue weighted by atomic mass is 9.69. The minimum Gasteiger partial charge on any atom is -0.508 e. The van der Waals surface area contributed by atoms with Crippen LogP contribution in [0.3, 0.4) is 0 Å². The molecule has 25 heavy (non-hydrogen) atoms. The number of fused-ring (bicyclic) bond motifs is 1. The minimum atomic E-state index is -0.992. The van der Waals surface area contributed by atoms with Gasteiger partial charge in [-0.15, -0.1) is 0 Å². The molecule has 1 heterocycles. The summed E-state index contributed by atoms with van der Waals surface area (Å²) in [4.78, 5) is 12.6. The summed E-state index contributed by atoms with van der Waals surface area (Å²) in [7, 11) is 0. The van der Waals surface area contributed by atoms with Gasteiger partial charge in [-0.2, -0.15) is 0 Å². The Morgan fingerprint density at radius 2 is 1.76 bits per heavy atom. The zero-order valence-electron chi connectivity index (χ0n) is 13.7. The molecule has 4 nitrogen and oxygen atoms in total. The summed E-state index contributed by atoms with van der Waals surface area (Å²) in [6.45, 7) is 1.99. The van der Waals surface area contributed by atoms with Crippen molar-refractivity contribution in [2.24, 2.45) is 11.8 Å². The number of aromatic hydroxyl groups is 1. The van der Waals surface area contributed by atoms with Gasteiger partial charge in [0.25, 0.3) is 0 Å². The fourth-order valence-corrected chi connectivity index (χ4v) is 3.92. The Balaban J connectivity index is 1.97. The summed E-state index contributed by atoms with van der Waals surface area (Å²) in [5, 5.41) is 19.5. The Hall–Kier alpha value is -3.01. The third-order valence-electron chi connectivity index (χ3n) is 5.04. The van der Waals surface area contributed by atoms with Crippen molar-refractivity contribution >= 4 is 5.97 Å². The molecule has 126 valence electrons. The normalized spacial score (nSPS) is 27.6. The number of hydrogen-bond acceptors (Lipinski definition) is 4. The first-order valence-corrected chi connectivity index (χ1v) is 8.24. The smallest absolute Gasteiger partial charge is 0.339 e. The average Bonchev–Trinajstić information content (AvgIpc) is 2.90. The molecule has 2 aromatic rings. The number of rotatable bonds is 2. The third kappa shape index (κ3) is 2.25. The third-order valence-corrected chi connectivity index (χ3v) is 5.04. The summed E-state index contributed by atoms with van der Waals surface area (Å²) in [5.41, 5.74) is 1.16.